The second-order valence-electron chi connectivity index (χ2n) is 6.99. The highest BCUT2D eigenvalue weighted by Crippen LogP contribution is 2.28. The Labute approximate surface area is 127 Å². The molecule has 1 atom stereocenters. The largest absolute Gasteiger partial charge is 0.480 e. The van der Waals surface area contributed by atoms with Crippen LogP contribution in [0.1, 0.15) is 49.9 Å². The Hall–Kier alpha value is -1.39. The minimum atomic E-state index is -1.32. The van der Waals surface area contributed by atoms with Crippen LogP contribution in [-0.2, 0) is 16.8 Å². The Morgan fingerprint density at radius 1 is 1.14 bits per heavy atom. The van der Waals surface area contributed by atoms with Crippen LogP contribution in [0.4, 0.5) is 0 Å². The lowest BCUT2D eigenvalue weighted by atomic mass is 9.82. The number of carboxylic acids is 1. The zero-order chi connectivity index (χ0) is 16.4. The molecule has 0 aliphatic rings. The van der Waals surface area contributed by atoms with E-state index in [-0.39, 0.29) is 5.41 Å². The summed E-state index contributed by atoms with van der Waals surface area (Å²) in [5.74, 6) is -1.05. The minimum Gasteiger partial charge on any atom is -0.480 e. The van der Waals surface area contributed by atoms with E-state index in [1.165, 1.54) is 18.1 Å². The van der Waals surface area contributed by atoms with E-state index in [0.717, 1.165) is 11.1 Å². The number of aliphatic carboxylic acids is 1. The Morgan fingerprint density at radius 2 is 1.71 bits per heavy atom. The van der Waals surface area contributed by atoms with Crippen molar-refractivity contribution in [3.8, 4) is 0 Å². The Kier molecular flexibility index (Phi) is 5.18. The van der Waals surface area contributed by atoms with Gasteiger partial charge in [0, 0.05) is 6.54 Å². The minimum absolute atomic E-state index is 0.0848. The number of hydrogen-bond acceptors (Lipinski definition) is 3. The van der Waals surface area contributed by atoms with Gasteiger partial charge in [0.15, 0.2) is 0 Å². The Balaban J connectivity index is 3.02. The van der Waals surface area contributed by atoms with E-state index >= 15 is 0 Å². The van der Waals surface area contributed by atoms with E-state index in [1.54, 1.807) is 0 Å². The van der Waals surface area contributed by atoms with E-state index in [0.29, 0.717) is 6.54 Å². The van der Waals surface area contributed by atoms with E-state index in [1.807, 2.05) is 6.92 Å². The monoisotopic (exact) mass is 293 g/mol. The van der Waals surface area contributed by atoms with Gasteiger partial charge in [-0.1, -0.05) is 32.9 Å². The van der Waals surface area contributed by atoms with Gasteiger partial charge < -0.3 is 10.2 Å². The lowest BCUT2D eigenvalue weighted by molar-refractivity contribution is -0.145. The Morgan fingerprint density at radius 3 is 2.14 bits per heavy atom. The molecular formula is C17H27NO3. The summed E-state index contributed by atoms with van der Waals surface area (Å²) in [5, 5.41) is 21.4. The molecule has 118 valence electrons. The van der Waals surface area contributed by atoms with Crippen LogP contribution in [0.2, 0.25) is 0 Å². The molecule has 1 rings (SSSR count). The van der Waals surface area contributed by atoms with Crippen molar-refractivity contribution < 1.29 is 15.0 Å². The van der Waals surface area contributed by atoms with Gasteiger partial charge in [-0.15, -0.1) is 0 Å². The third-order valence-electron chi connectivity index (χ3n) is 3.95. The standard InChI is InChI=1S/C17H27NO3/c1-11-8-14(16(3,4)5)12(2)7-13(11)9-18-17(6,10-19)15(20)21/h7-8,18-19H,9-10H2,1-6H3,(H,20,21)/t17-/m0/s1. The molecule has 21 heavy (non-hydrogen) atoms. The van der Waals surface area contributed by atoms with Crippen molar-refractivity contribution in [3.05, 3.63) is 34.4 Å². The maximum atomic E-state index is 11.2. The predicted octanol–water partition coefficient (Wildman–Crippen LogP) is 2.53. The number of carboxylic acid groups (broad SMARTS) is 1. The molecule has 4 heteroatoms. The third-order valence-corrected chi connectivity index (χ3v) is 3.95. The topological polar surface area (TPSA) is 69.6 Å². The van der Waals surface area contributed by atoms with Gasteiger partial charge in [-0.3, -0.25) is 10.1 Å². The molecular weight excluding hydrogens is 266 g/mol. The molecule has 1 aromatic carbocycles. The first-order chi connectivity index (χ1) is 9.51. The first kappa shape index (κ1) is 17.7. The zero-order valence-corrected chi connectivity index (χ0v) is 13.9. The highest BCUT2D eigenvalue weighted by atomic mass is 16.4. The van der Waals surface area contributed by atoms with Crippen LogP contribution in [0.5, 0.6) is 0 Å². The normalized spacial score (nSPS) is 14.8. The molecule has 1 aromatic rings. The van der Waals surface area contributed by atoms with Crippen molar-refractivity contribution >= 4 is 5.97 Å². The number of aryl methyl sites for hydroxylation is 2. The van der Waals surface area contributed by atoms with Crippen molar-refractivity contribution in [1.82, 2.24) is 5.32 Å². The molecule has 0 bridgehead atoms. The van der Waals surface area contributed by atoms with Gasteiger partial charge in [-0.05, 0) is 48.4 Å². The number of carbonyl (C=O) groups is 1. The van der Waals surface area contributed by atoms with Crippen LogP contribution < -0.4 is 5.32 Å². The number of aliphatic hydroxyl groups is 1. The van der Waals surface area contributed by atoms with Gasteiger partial charge in [0.25, 0.3) is 0 Å². The summed E-state index contributed by atoms with van der Waals surface area (Å²) in [6.45, 7) is 12.1. The maximum Gasteiger partial charge on any atom is 0.326 e. The van der Waals surface area contributed by atoms with Crippen molar-refractivity contribution in [1.29, 1.82) is 0 Å². The molecule has 0 aliphatic heterocycles. The first-order valence-corrected chi connectivity index (χ1v) is 7.21. The Bertz CT molecular complexity index is 532. The summed E-state index contributed by atoms with van der Waals surface area (Å²) in [5.41, 5.74) is 3.45. The fraction of sp³-hybridized carbons (Fsp3) is 0.588. The highest BCUT2D eigenvalue weighted by Gasteiger charge is 2.31. The average Bonchev–Trinajstić information content (AvgIpc) is 2.37. The second kappa shape index (κ2) is 6.16. The van der Waals surface area contributed by atoms with Gasteiger partial charge >= 0.3 is 5.97 Å². The maximum absolute atomic E-state index is 11.2. The van der Waals surface area contributed by atoms with Gasteiger partial charge in [0.2, 0.25) is 0 Å². The second-order valence-corrected chi connectivity index (χ2v) is 6.99. The van der Waals surface area contributed by atoms with E-state index in [2.05, 4.69) is 45.1 Å². The summed E-state index contributed by atoms with van der Waals surface area (Å²) < 4.78 is 0. The van der Waals surface area contributed by atoms with Crippen LogP contribution in [0.15, 0.2) is 12.1 Å². The summed E-state index contributed by atoms with van der Waals surface area (Å²) in [7, 11) is 0. The number of aliphatic hydroxyl groups excluding tert-OH is 1. The number of hydrogen-bond donors (Lipinski definition) is 3. The summed E-state index contributed by atoms with van der Waals surface area (Å²) in [4.78, 5) is 11.2. The van der Waals surface area contributed by atoms with Crippen molar-refractivity contribution in [2.75, 3.05) is 6.61 Å². The molecule has 0 saturated heterocycles. The molecule has 0 amide bonds. The van der Waals surface area contributed by atoms with Crippen LogP contribution >= 0.6 is 0 Å². The van der Waals surface area contributed by atoms with Crippen molar-refractivity contribution in [2.45, 2.75) is 59.0 Å². The molecule has 0 saturated carbocycles. The average molecular weight is 293 g/mol. The predicted molar refractivity (Wildman–Crippen MR) is 84.6 cm³/mol. The van der Waals surface area contributed by atoms with Gasteiger partial charge in [-0.2, -0.15) is 0 Å². The SMILES string of the molecule is Cc1cc(C(C)(C)C)c(C)cc1CN[C@@](C)(CO)C(=O)O. The highest BCUT2D eigenvalue weighted by molar-refractivity contribution is 5.78. The van der Waals surface area contributed by atoms with Crippen molar-refractivity contribution in [2.24, 2.45) is 0 Å². The van der Waals surface area contributed by atoms with E-state index in [9.17, 15) is 9.90 Å². The lowest BCUT2D eigenvalue weighted by Gasteiger charge is -2.26. The smallest absolute Gasteiger partial charge is 0.326 e. The molecule has 3 N–H and O–H groups in total. The molecule has 0 aromatic heterocycles. The fourth-order valence-corrected chi connectivity index (χ4v) is 2.36. The van der Waals surface area contributed by atoms with E-state index in [4.69, 9.17) is 5.11 Å². The molecule has 0 spiro atoms. The number of benzene rings is 1. The van der Waals surface area contributed by atoms with Gasteiger partial charge in [-0.25, -0.2) is 0 Å². The molecule has 0 heterocycles. The van der Waals surface area contributed by atoms with Crippen molar-refractivity contribution in [3.63, 3.8) is 0 Å². The molecule has 4 nitrogen and oxygen atoms in total. The van der Waals surface area contributed by atoms with Gasteiger partial charge in [0.05, 0.1) is 6.61 Å². The van der Waals surface area contributed by atoms with Crippen LogP contribution in [0, 0.1) is 13.8 Å². The van der Waals surface area contributed by atoms with Gasteiger partial charge in [0.1, 0.15) is 5.54 Å². The van der Waals surface area contributed by atoms with Crippen LogP contribution in [-0.4, -0.2) is 28.3 Å². The molecule has 0 unspecified atom stereocenters. The fourth-order valence-electron chi connectivity index (χ4n) is 2.36. The first-order valence-electron chi connectivity index (χ1n) is 7.21. The zero-order valence-electron chi connectivity index (χ0n) is 13.9. The quantitative estimate of drug-likeness (QED) is 0.780. The third kappa shape index (κ3) is 4.05. The summed E-state index contributed by atoms with van der Waals surface area (Å²) in [6.07, 6.45) is 0. The number of rotatable bonds is 5. The lowest BCUT2D eigenvalue weighted by Crippen LogP contribution is -2.52. The molecule has 0 fully saturated rings. The summed E-state index contributed by atoms with van der Waals surface area (Å²) >= 11 is 0. The summed E-state index contributed by atoms with van der Waals surface area (Å²) in [6, 6.07) is 4.27. The molecule has 0 radical (unpaired) electrons. The van der Waals surface area contributed by atoms with E-state index < -0.39 is 18.1 Å². The molecule has 0 aliphatic carbocycles. The number of nitrogens with one attached hydrogen (secondary N) is 1. The van der Waals surface area contributed by atoms with Crippen LogP contribution in [0.3, 0.4) is 0 Å². The van der Waals surface area contributed by atoms with Crippen LogP contribution in [0.25, 0.3) is 0 Å².